The van der Waals surface area contributed by atoms with E-state index in [1.54, 1.807) is 6.20 Å². The lowest BCUT2D eigenvalue weighted by atomic mass is 9.89. The Bertz CT molecular complexity index is 724. The highest BCUT2D eigenvalue weighted by atomic mass is 16.2. The molecule has 20 heavy (non-hydrogen) atoms. The highest BCUT2D eigenvalue weighted by Gasteiger charge is 2.28. The molecule has 1 saturated heterocycles. The third kappa shape index (κ3) is 2.07. The molecule has 1 aliphatic rings. The summed E-state index contributed by atoms with van der Waals surface area (Å²) in [6.45, 7) is 0. The minimum Gasteiger partial charge on any atom is -0.298 e. The molecule has 2 heterocycles. The van der Waals surface area contributed by atoms with Crippen molar-refractivity contribution in [2.45, 2.75) is 18.8 Å². The van der Waals surface area contributed by atoms with Crippen LogP contribution in [0, 0.1) is 0 Å². The first-order valence-corrected chi connectivity index (χ1v) is 6.35. The monoisotopic (exact) mass is 268 g/mol. The molecule has 1 unspecified atom stereocenters. The van der Waals surface area contributed by atoms with E-state index in [2.05, 4.69) is 10.3 Å². The van der Waals surface area contributed by atoms with Crippen LogP contribution in [0.15, 0.2) is 30.6 Å². The zero-order valence-electron chi connectivity index (χ0n) is 10.6. The Balaban J connectivity index is 2.06. The number of nitrogens with zero attached hydrogens (tertiary/aromatic N) is 1. The van der Waals surface area contributed by atoms with Crippen LogP contribution in [0.2, 0.25) is 0 Å². The summed E-state index contributed by atoms with van der Waals surface area (Å²) in [6, 6.07) is 5.52. The van der Waals surface area contributed by atoms with Gasteiger partial charge >= 0.3 is 0 Å². The van der Waals surface area contributed by atoms with Crippen LogP contribution >= 0.6 is 0 Å². The van der Waals surface area contributed by atoms with Gasteiger partial charge in [0.1, 0.15) is 0 Å². The molecular formula is C15H12N2O3. The average Bonchev–Trinajstić information content (AvgIpc) is 2.46. The van der Waals surface area contributed by atoms with Crippen LogP contribution in [0.4, 0.5) is 0 Å². The van der Waals surface area contributed by atoms with Gasteiger partial charge in [0.15, 0.2) is 6.29 Å². The SMILES string of the molecule is O=Cc1cncc2ccc(C3CCC(=O)NC3=O)cc12. The molecule has 0 aliphatic carbocycles. The first-order chi connectivity index (χ1) is 9.69. The summed E-state index contributed by atoms with van der Waals surface area (Å²) < 4.78 is 0. The van der Waals surface area contributed by atoms with E-state index in [9.17, 15) is 14.4 Å². The van der Waals surface area contributed by atoms with Crippen molar-refractivity contribution < 1.29 is 14.4 Å². The molecule has 1 fully saturated rings. The van der Waals surface area contributed by atoms with Crippen LogP contribution in [-0.4, -0.2) is 23.1 Å². The molecule has 100 valence electrons. The molecule has 5 nitrogen and oxygen atoms in total. The minimum absolute atomic E-state index is 0.232. The Morgan fingerprint density at radius 1 is 1.25 bits per heavy atom. The molecule has 0 spiro atoms. The van der Waals surface area contributed by atoms with Crippen molar-refractivity contribution in [1.82, 2.24) is 10.3 Å². The number of amides is 2. The summed E-state index contributed by atoms with van der Waals surface area (Å²) in [5.74, 6) is -0.850. The third-order valence-electron chi connectivity index (χ3n) is 3.58. The number of piperidine rings is 1. The van der Waals surface area contributed by atoms with Gasteiger partial charge in [0.2, 0.25) is 11.8 Å². The number of aldehydes is 1. The zero-order valence-corrected chi connectivity index (χ0v) is 10.6. The van der Waals surface area contributed by atoms with Gasteiger partial charge in [-0.25, -0.2) is 0 Å². The largest absolute Gasteiger partial charge is 0.298 e. The van der Waals surface area contributed by atoms with E-state index in [0.29, 0.717) is 18.4 Å². The highest BCUT2D eigenvalue weighted by Crippen LogP contribution is 2.28. The highest BCUT2D eigenvalue weighted by molar-refractivity contribution is 6.02. The minimum atomic E-state index is -0.343. The summed E-state index contributed by atoms with van der Waals surface area (Å²) in [6.07, 6.45) is 4.77. The Morgan fingerprint density at radius 3 is 2.85 bits per heavy atom. The maximum absolute atomic E-state index is 11.9. The number of hydrogen-bond donors (Lipinski definition) is 1. The molecule has 1 aromatic carbocycles. The van der Waals surface area contributed by atoms with Gasteiger partial charge in [-0.15, -0.1) is 0 Å². The van der Waals surface area contributed by atoms with Gasteiger partial charge in [-0.3, -0.25) is 24.7 Å². The second kappa shape index (κ2) is 4.85. The van der Waals surface area contributed by atoms with Crippen molar-refractivity contribution in [3.05, 3.63) is 41.7 Å². The van der Waals surface area contributed by atoms with Crippen LogP contribution in [0.1, 0.15) is 34.7 Å². The molecule has 0 saturated carbocycles. The number of aromatic nitrogens is 1. The lowest BCUT2D eigenvalue weighted by molar-refractivity contribution is -0.134. The van der Waals surface area contributed by atoms with E-state index in [1.165, 1.54) is 6.20 Å². The van der Waals surface area contributed by atoms with Crippen LogP contribution in [0.3, 0.4) is 0 Å². The fraction of sp³-hybridized carbons (Fsp3) is 0.200. The van der Waals surface area contributed by atoms with Crippen molar-refractivity contribution in [2.24, 2.45) is 0 Å². The van der Waals surface area contributed by atoms with E-state index >= 15 is 0 Å². The Hall–Kier alpha value is -2.56. The summed E-state index contributed by atoms with van der Waals surface area (Å²) in [4.78, 5) is 38.1. The predicted molar refractivity (Wildman–Crippen MR) is 72.3 cm³/mol. The summed E-state index contributed by atoms with van der Waals surface area (Å²) >= 11 is 0. The van der Waals surface area contributed by atoms with Crippen molar-refractivity contribution in [1.29, 1.82) is 0 Å². The smallest absolute Gasteiger partial charge is 0.234 e. The van der Waals surface area contributed by atoms with Gasteiger partial charge < -0.3 is 0 Å². The number of carbonyl (C=O) groups excluding carboxylic acids is 3. The summed E-state index contributed by atoms with van der Waals surface area (Å²) in [7, 11) is 0. The molecule has 0 bridgehead atoms. The predicted octanol–water partition coefficient (Wildman–Crippen LogP) is 1.57. The molecule has 1 aromatic heterocycles. The van der Waals surface area contributed by atoms with Gasteiger partial charge in [-0.05, 0) is 23.4 Å². The molecule has 3 rings (SSSR count). The number of nitrogens with one attached hydrogen (secondary N) is 1. The number of pyridine rings is 1. The fourth-order valence-corrected chi connectivity index (χ4v) is 2.53. The van der Waals surface area contributed by atoms with Gasteiger partial charge in [-0.1, -0.05) is 12.1 Å². The Kier molecular flexibility index (Phi) is 3.02. The van der Waals surface area contributed by atoms with Crippen molar-refractivity contribution in [2.75, 3.05) is 0 Å². The van der Waals surface area contributed by atoms with Gasteiger partial charge in [0.25, 0.3) is 0 Å². The number of benzene rings is 1. The lowest BCUT2D eigenvalue weighted by Gasteiger charge is -2.21. The fourth-order valence-electron chi connectivity index (χ4n) is 2.53. The van der Waals surface area contributed by atoms with E-state index in [-0.39, 0.29) is 17.7 Å². The maximum Gasteiger partial charge on any atom is 0.234 e. The Morgan fingerprint density at radius 2 is 2.10 bits per heavy atom. The summed E-state index contributed by atoms with van der Waals surface area (Å²) in [5, 5.41) is 3.97. The summed E-state index contributed by atoms with van der Waals surface area (Å²) in [5.41, 5.74) is 1.31. The van der Waals surface area contributed by atoms with Crippen LogP contribution in [-0.2, 0) is 9.59 Å². The van der Waals surface area contributed by atoms with Gasteiger partial charge in [0.05, 0.1) is 5.92 Å². The second-order valence-corrected chi connectivity index (χ2v) is 4.83. The Labute approximate surface area is 115 Å². The van der Waals surface area contributed by atoms with E-state index in [4.69, 9.17) is 0 Å². The average molecular weight is 268 g/mol. The van der Waals surface area contributed by atoms with Gasteiger partial charge in [0, 0.05) is 29.8 Å². The molecule has 1 aliphatic heterocycles. The van der Waals surface area contributed by atoms with Gasteiger partial charge in [-0.2, -0.15) is 0 Å². The molecule has 1 N–H and O–H groups in total. The normalized spacial score (nSPS) is 18.9. The number of hydrogen-bond acceptors (Lipinski definition) is 4. The van der Waals surface area contributed by atoms with E-state index < -0.39 is 0 Å². The van der Waals surface area contributed by atoms with E-state index in [0.717, 1.165) is 22.6 Å². The topological polar surface area (TPSA) is 76.1 Å². The molecule has 1 atom stereocenters. The lowest BCUT2D eigenvalue weighted by Crippen LogP contribution is -2.39. The van der Waals surface area contributed by atoms with Crippen LogP contribution in [0.25, 0.3) is 10.8 Å². The van der Waals surface area contributed by atoms with E-state index in [1.807, 2.05) is 18.2 Å². The first kappa shape index (κ1) is 12.5. The third-order valence-corrected chi connectivity index (χ3v) is 3.58. The van der Waals surface area contributed by atoms with Crippen molar-refractivity contribution in [3.8, 4) is 0 Å². The second-order valence-electron chi connectivity index (χ2n) is 4.83. The zero-order chi connectivity index (χ0) is 14.1. The molecule has 0 radical (unpaired) electrons. The number of rotatable bonds is 2. The number of imide groups is 1. The van der Waals surface area contributed by atoms with Crippen LogP contribution < -0.4 is 5.32 Å². The molecule has 5 heteroatoms. The first-order valence-electron chi connectivity index (χ1n) is 6.35. The standard InChI is InChI=1S/C15H12N2O3/c18-8-11-7-16-6-10-2-1-9(5-13(10)11)12-3-4-14(19)17-15(12)20/h1-2,5-8,12H,3-4H2,(H,17,19,20). The number of fused-ring (bicyclic) bond motifs is 1. The van der Waals surface area contributed by atoms with Crippen molar-refractivity contribution in [3.63, 3.8) is 0 Å². The van der Waals surface area contributed by atoms with Crippen molar-refractivity contribution >= 4 is 28.9 Å². The van der Waals surface area contributed by atoms with Crippen LogP contribution in [0.5, 0.6) is 0 Å². The molecular weight excluding hydrogens is 256 g/mol. The number of carbonyl (C=O) groups is 3. The quantitative estimate of drug-likeness (QED) is 0.662. The maximum atomic E-state index is 11.9. The molecule has 2 aromatic rings. The molecule has 2 amide bonds.